The highest BCUT2D eigenvalue weighted by molar-refractivity contribution is 7.89. The minimum atomic E-state index is -3.20. The Morgan fingerprint density at radius 3 is 2.46 bits per heavy atom. The quantitative estimate of drug-likeness (QED) is 0.697. The molecular weight excluding hydrogens is 400 g/mol. The normalized spacial score (nSPS) is 19.6. The van der Waals surface area contributed by atoms with Gasteiger partial charge in [0.15, 0.2) is 6.61 Å². The summed E-state index contributed by atoms with van der Waals surface area (Å²) < 4.78 is 31.2. The van der Waals surface area contributed by atoms with E-state index in [2.05, 4.69) is 0 Å². The Morgan fingerprint density at radius 1 is 1.14 bits per heavy atom. The molecule has 1 amide bonds. The summed E-state index contributed by atoms with van der Waals surface area (Å²) in [5, 5.41) is 0.688. The Bertz CT molecular complexity index is 785. The van der Waals surface area contributed by atoms with Crippen LogP contribution in [0.1, 0.15) is 50.5 Å². The summed E-state index contributed by atoms with van der Waals surface area (Å²) in [6.45, 7) is 3.08. The van der Waals surface area contributed by atoms with Gasteiger partial charge in [0.1, 0.15) is 5.75 Å². The van der Waals surface area contributed by atoms with Gasteiger partial charge in [-0.1, -0.05) is 30.9 Å². The molecule has 1 saturated carbocycles. The van der Waals surface area contributed by atoms with Crippen molar-refractivity contribution in [1.82, 2.24) is 9.21 Å². The summed E-state index contributed by atoms with van der Waals surface area (Å²) in [5.74, 6) is 1.14. The maximum Gasteiger partial charge on any atom is 0.260 e. The molecule has 28 heavy (non-hydrogen) atoms. The number of piperazine rings is 1. The van der Waals surface area contributed by atoms with Crippen molar-refractivity contribution in [2.75, 3.05) is 38.5 Å². The molecule has 1 heterocycles. The van der Waals surface area contributed by atoms with Gasteiger partial charge in [0.25, 0.3) is 5.91 Å². The Hall–Kier alpha value is -1.31. The van der Waals surface area contributed by atoms with Crippen LogP contribution in [0.3, 0.4) is 0 Å². The average Bonchev–Trinajstić information content (AvgIpc) is 2.73. The molecule has 0 aromatic heterocycles. The van der Waals surface area contributed by atoms with Gasteiger partial charge < -0.3 is 9.64 Å². The van der Waals surface area contributed by atoms with Gasteiger partial charge in [-0.2, -0.15) is 4.31 Å². The van der Waals surface area contributed by atoms with Gasteiger partial charge >= 0.3 is 0 Å². The van der Waals surface area contributed by atoms with E-state index in [-0.39, 0.29) is 18.3 Å². The first kappa shape index (κ1) is 21.4. The number of hydrogen-bond acceptors (Lipinski definition) is 4. The number of hydrogen-bond donors (Lipinski definition) is 0. The molecule has 0 bridgehead atoms. The Kier molecular flexibility index (Phi) is 7.23. The van der Waals surface area contributed by atoms with Crippen LogP contribution in [0.5, 0.6) is 5.75 Å². The van der Waals surface area contributed by atoms with Crippen molar-refractivity contribution in [1.29, 1.82) is 0 Å². The highest BCUT2D eigenvalue weighted by Gasteiger charge is 2.28. The fourth-order valence-corrected chi connectivity index (χ4v) is 5.28. The predicted molar refractivity (Wildman–Crippen MR) is 110 cm³/mol. The number of benzene rings is 1. The molecule has 0 radical (unpaired) electrons. The predicted octanol–water partition coefficient (Wildman–Crippen LogP) is 3.26. The molecule has 0 unspecified atom stereocenters. The van der Waals surface area contributed by atoms with E-state index in [9.17, 15) is 13.2 Å². The van der Waals surface area contributed by atoms with Crippen LogP contribution in [0, 0.1) is 0 Å². The number of halogens is 1. The van der Waals surface area contributed by atoms with Gasteiger partial charge in [-0.05, 0) is 49.4 Å². The third-order valence-corrected chi connectivity index (χ3v) is 7.83. The van der Waals surface area contributed by atoms with E-state index in [4.69, 9.17) is 16.3 Å². The molecule has 1 aromatic carbocycles. The molecule has 6 nitrogen and oxygen atoms in total. The lowest BCUT2D eigenvalue weighted by Crippen LogP contribution is -2.51. The highest BCUT2D eigenvalue weighted by Crippen LogP contribution is 2.38. The van der Waals surface area contributed by atoms with Crippen molar-refractivity contribution in [3.63, 3.8) is 0 Å². The monoisotopic (exact) mass is 428 g/mol. The van der Waals surface area contributed by atoms with Crippen molar-refractivity contribution in [3.8, 4) is 5.75 Å². The minimum Gasteiger partial charge on any atom is -0.483 e. The van der Waals surface area contributed by atoms with Gasteiger partial charge in [0.2, 0.25) is 10.0 Å². The summed E-state index contributed by atoms with van der Waals surface area (Å²) in [5.41, 5.74) is 1.10. The Balaban J connectivity index is 1.58. The Labute approximate surface area is 172 Å². The van der Waals surface area contributed by atoms with E-state index < -0.39 is 10.0 Å². The van der Waals surface area contributed by atoms with Crippen molar-refractivity contribution >= 4 is 27.5 Å². The first-order valence-electron chi connectivity index (χ1n) is 10.1. The molecule has 1 aliphatic carbocycles. The van der Waals surface area contributed by atoms with Crippen molar-refractivity contribution in [3.05, 3.63) is 28.8 Å². The first-order valence-corrected chi connectivity index (χ1v) is 12.1. The molecule has 0 atom stereocenters. The number of carbonyl (C=O) groups is 1. The molecular formula is C20H29ClN2O4S. The topological polar surface area (TPSA) is 66.9 Å². The second-order valence-electron chi connectivity index (χ2n) is 7.49. The van der Waals surface area contributed by atoms with Crippen molar-refractivity contribution in [2.45, 2.75) is 44.9 Å². The van der Waals surface area contributed by atoms with Gasteiger partial charge in [0.05, 0.1) is 5.75 Å². The summed E-state index contributed by atoms with van der Waals surface area (Å²) in [6, 6.07) is 5.61. The van der Waals surface area contributed by atoms with Crippen LogP contribution in [0.15, 0.2) is 18.2 Å². The van der Waals surface area contributed by atoms with E-state index >= 15 is 0 Å². The number of carbonyl (C=O) groups excluding carboxylic acids is 1. The zero-order valence-corrected chi connectivity index (χ0v) is 18.0. The standard InChI is InChI=1S/C20H29ClN2O4S/c1-2-28(25,26)23-12-10-22(11-13-23)20(24)15-27-19-9-8-17(21)14-18(19)16-6-4-3-5-7-16/h8-9,14,16H,2-7,10-13,15H2,1H3. The van der Waals surface area contributed by atoms with Crippen LogP contribution in [0.2, 0.25) is 5.02 Å². The third-order valence-electron chi connectivity index (χ3n) is 5.72. The van der Waals surface area contributed by atoms with Crippen LogP contribution in [-0.4, -0.2) is 62.1 Å². The molecule has 1 aromatic rings. The molecule has 2 fully saturated rings. The molecule has 2 aliphatic rings. The maximum absolute atomic E-state index is 12.6. The second kappa shape index (κ2) is 9.46. The molecule has 0 spiro atoms. The van der Waals surface area contributed by atoms with E-state index in [1.165, 1.54) is 23.6 Å². The summed E-state index contributed by atoms with van der Waals surface area (Å²) in [6.07, 6.45) is 5.93. The fourth-order valence-electron chi connectivity index (χ4n) is 4.01. The molecule has 8 heteroatoms. The number of sulfonamides is 1. The second-order valence-corrected chi connectivity index (χ2v) is 10.2. The van der Waals surface area contributed by atoms with E-state index in [0.29, 0.717) is 37.1 Å². The lowest BCUT2D eigenvalue weighted by molar-refractivity contribution is -0.134. The largest absolute Gasteiger partial charge is 0.483 e. The minimum absolute atomic E-state index is 0.0398. The van der Waals surface area contributed by atoms with Crippen LogP contribution < -0.4 is 4.74 Å². The zero-order chi connectivity index (χ0) is 20.1. The van der Waals surface area contributed by atoms with E-state index in [1.54, 1.807) is 17.9 Å². The average molecular weight is 429 g/mol. The smallest absolute Gasteiger partial charge is 0.260 e. The SMILES string of the molecule is CCS(=O)(=O)N1CCN(C(=O)COc2ccc(Cl)cc2C2CCCCC2)CC1. The summed E-state index contributed by atoms with van der Waals surface area (Å²) >= 11 is 6.20. The zero-order valence-electron chi connectivity index (χ0n) is 16.4. The third kappa shape index (κ3) is 5.19. The lowest BCUT2D eigenvalue weighted by Gasteiger charge is -2.33. The number of ether oxygens (including phenoxy) is 1. The van der Waals surface area contributed by atoms with Crippen molar-refractivity contribution in [2.24, 2.45) is 0 Å². The van der Waals surface area contributed by atoms with Gasteiger partial charge in [-0.25, -0.2) is 8.42 Å². The number of amides is 1. The number of nitrogens with zero attached hydrogens (tertiary/aromatic N) is 2. The van der Waals surface area contributed by atoms with E-state index in [0.717, 1.165) is 24.2 Å². The van der Waals surface area contributed by atoms with Gasteiger partial charge in [-0.3, -0.25) is 4.79 Å². The van der Waals surface area contributed by atoms with Crippen LogP contribution in [0.25, 0.3) is 0 Å². The molecule has 1 aliphatic heterocycles. The molecule has 156 valence electrons. The van der Waals surface area contributed by atoms with Gasteiger partial charge in [0, 0.05) is 31.2 Å². The first-order chi connectivity index (χ1) is 13.4. The van der Waals surface area contributed by atoms with Crippen molar-refractivity contribution < 1.29 is 17.9 Å². The molecule has 3 rings (SSSR count). The van der Waals surface area contributed by atoms with E-state index in [1.807, 2.05) is 12.1 Å². The maximum atomic E-state index is 12.6. The molecule has 0 N–H and O–H groups in total. The van der Waals surface area contributed by atoms with Crippen LogP contribution in [0.4, 0.5) is 0 Å². The molecule has 1 saturated heterocycles. The lowest BCUT2D eigenvalue weighted by atomic mass is 9.84. The Morgan fingerprint density at radius 2 is 1.82 bits per heavy atom. The number of rotatable bonds is 6. The fraction of sp³-hybridized carbons (Fsp3) is 0.650. The van der Waals surface area contributed by atoms with Crippen LogP contribution >= 0.6 is 11.6 Å². The van der Waals surface area contributed by atoms with Gasteiger partial charge in [-0.15, -0.1) is 0 Å². The highest BCUT2D eigenvalue weighted by atomic mass is 35.5. The summed E-state index contributed by atoms with van der Waals surface area (Å²) in [7, 11) is -3.20. The van der Waals surface area contributed by atoms with Crippen LogP contribution in [-0.2, 0) is 14.8 Å². The summed E-state index contributed by atoms with van der Waals surface area (Å²) in [4.78, 5) is 14.2.